The van der Waals surface area contributed by atoms with Gasteiger partial charge in [-0.05, 0) is 56.6 Å². The predicted molar refractivity (Wildman–Crippen MR) is 123 cm³/mol. The molecular weight excluding hydrogens is 372 g/mol. The molecule has 1 N–H and O–H groups in total. The number of anilines is 1. The maximum Gasteiger partial charge on any atom is 0.253 e. The number of aromatic nitrogens is 1. The Kier molecular flexibility index (Phi) is 6.29. The first-order valence-electron chi connectivity index (χ1n) is 10.8. The summed E-state index contributed by atoms with van der Waals surface area (Å²) in [7, 11) is 0. The highest BCUT2D eigenvalue weighted by Gasteiger charge is 2.17. The lowest BCUT2D eigenvalue weighted by Crippen LogP contribution is -2.47. The summed E-state index contributed by atoms with van der Waals surface area (Å²) in [6.45, 7) is 9.97. The fourth-order valence-corrected chi connectivity index (χ4v) is 4.10. The second kappa shape index (κ2) is 9.26. The largest absolute Gasteiger partial charge is 0.369 e. The van der Waals surface area contributed by atoms with Crippen molar-refractivity contribution in [3.05, 3.63) is 71.4 Å². The molecule has 1 aromatic heterocycles. The smallest absolute Gasteiger partial charge is 0.253 e. The lowest BCUT2D eigenvalue weighted by atomic mass is 10.1. The molecule has 2 heterocycles. The van der Waals surface area contributed by atoms with Crippen molar-refractivity contribution < 1.29 is 4.79 Å². The van der Waals surface area contributed by atoms with Gasteiger partial charge in [-0.15, -0.1) is 0 Å². The Labute approximate surface area is 178 Å². The van der Waals surface area contributed by atoms with E-state index in [1.807, 2.05) is 37.3 Å². The Balaban J connectivity index is 1.22. The molecule has 0 aliphatic carbocycles. The van der Waals surface area contributed by atoms with Gasteiger partial charge in [0.1, 0.15) is 0 Å². The number of fused-ring (bicyclic) bond motifs is 1. The van der Waals surface area contributed by atoms with Crippen LogP contribution in [0.5, 0.6) is 0 Å². The van der Waals surface area contributed by atoms with Crippen LogP contribution in [0.4, 0.5) is 5.69 Å². The number of aryl methyl sites for hydroxylation is 2. The number of amides is 1. The number of rotatable bonds is 6. The number of hydrogen-bond donors (Lipinski definition) is 1. The fraction of sp³-hybridized carbons (Fsp3) is 0.360. The lowest BCUT2D eigenvalue weighted by molar-refractivity contribution is 0.0950. The van der Waals surface area contributed by atoms with Crippen LogP contribution in [0, 0.1) is 13.8 Å². The Morgan fingerprint density at radius 3 is 2.60 bits per heavy atom. The van der Waals surface area contributed by atoms with Gasteiger partial charge in [-0.2, -0.15) is 0 Å². The van der Waals surface area contributed by atoms with Crippen LogP contribution in [0.25, 0.3) is 10.9 Å². The first kappa shape index (κ1) is 20.4. The van der Waals surface area contributed by atoms with E-state index >= 15 is 0 Å². The summed E-state index contributed by atoms with van der Waals surface area (Å²) in [5.41, 5.74) is 5.00. The number of hydrogen-bond acceptors (Lipinski definition) is 4. The number of benzene rings is 2. The van der Waals surface area contributed by atoms with Crippen LogP contribution >= 0.6 is 0 Å². The van der Waals surface area contributed by atoms with Gasteiger partial charge < -0.3 is 10.2 Å². The highest BCUT2D eigenvalue weighted by molar-refractivity contribution is 5.98. The van der Waals surface area contributed by atoms with Gasteiger partial charge in [-0.3, -0.25) is 14.7 Å². The molecule has 1 amide bonds. The molecule has 0 atom stereocenters. The number of nitrogens with one attached hydrogen (secondary N) is 1. The van der Waals surface area contributed by atoms with Crippen molar-refractivity contribution in [2.45, 2.75) is 20.3 Å². The third-order valence-corrected chi connectivity index (χ3v) is 5.83. The van der Waals surface area contributed by atoms with Crippen LogP contribution in [0.15, 0.2) is 54.6 Å². The summed E-state index contributed by atoms with van der Waals surface area (Å²) in [6, 6.07) is 18.6. The molecule has 3 aromatic rings. The SMILES string of the molecule is Cc1cccc(N2CCN(CCCNC(=O)c3cc4ccccc4nc3C)CC2)c1. The van der Waals surface area contributed by atoms with E-state index in [9.17, 15) is 4.79 Å². The van der Waals surface area contributed by atoms with E-state index in [0.717, 1.165) is 55.7 Å². The zero-order chi connectivity index (χ0) is 20.9. The van der Waals surface area contributed by atoms with Crippen molar-refractivity contribution in [2.75, 3.05) is 44.2 Å². The van der Waals surface area contributed by atoms with Crippen LogP contribution in [0.2, 0.25) is 0 Å². The van der Waals surface area contributed by atoms with Crippen LogP contribution in [-0.2, 0) is 0 Å². The van der Waals surface area contributed by atoms with E-state index in [-0.39, 0.29) is 5.91 Å². The van der Waals surface area contributed by atoms with Gasteiger partial charge in [-0.25, -0.2) is 0 Å². The molecule has 1 saturated heterocycles. The number of pyridine rings is 1. The monoisotopic (exact) mass is 402 g/mol. The highest BCUT2D eigenvalue weighted by atomic mass is 16.1. The molecule has 156 valence electrons. The molecule has 30 heavy (non-hydrogen) atoms. The molecule has 0 saturated carbocycles. The minimum absolute atomic E-state index is 0.0324. The van der Waals surface area contributed by atoms with E-state index in [1.165, 1.54) is 11.3 Å². The third-order valence-electron chi connectivity index (χ3n) is 5.83. The maximum atomic E-state index is 12.6. The average molecular weight is 403 g/mol. The highest BCUT2D eigenvalue weighted by Crippen LogP contribution is 2.18. The van der Waals surface area contributed by atoms with Crippen molar-refractivity contribution in [2.24, 2.45) is 0 Å². The lowest BCUT2D eigenvalue weighted by Gasteiger charge is -2.36. The Morgan fingerprint density at radius 1 is 1.00 bits per heavy atom. The number of carbonyl (C=O) groups excluding carboxylic acids is 1. The van der Waals surface area contributed by atoms with E-state index < -0.39 is 0 Å². The Morgan fingerprint density at radius 2 is 1.80 bits per heavy atom. The molecule has 5 nitrogen and oxygen atoms in total. The Bertz CT molecular complexity index is 1020. The topological polar surface area (TPSA) is 48.5 Å². The van der Waals surface area contributed by atoms with Gasteiger partial charge in [0.25, 0.3) is 5.91 Å². The molecule has 0 radical (unpaired) electrons. The van der Waals surface area contributed by atoms with Gasteiger partial charge in [0, 0.05) is 43.8 Å². The molecule has 5 heteroatoms. The molecule has 1 aliphatic heterocycles. The van der Waals surface area contributed by atoms with Crippen molar-refractivity contribution in [1.29, 1.82) is 0 Å². The summed E-state index contributed by atoms with van der Waals surface area (Å²) in [6.07, 6.45) is 0.955. The van der Waals surface area contributed by atoms with E-state index in [2.05, 4.69) is 51.3 Å². The maximum absolute atomic E-state index is 12.6. The quantitative estimate of drug-likeness (QED) is 0.637. The van der Waals surface area contributed by atoms with Crippen LogP contribution in [-0.4, -0.2) is 55.1 Å². The van der Waals surface area contributed by atoms with Crippen molar-refractivity contribution in [3.63, 3.8) is 0 Å². The van der Waals surface area contributed by atoms with Gasteiger partial charge >= 0.3 is 0 Å². The van der Waals surface area contributed by atoms with Crippen molar-refractivity contribution >= 4 is 22.5 Å². The third kappa shape index (κ3) is 4.79. The van der Waals surface area contributed by atoms with Crippen LogP contribution in [0.1, 0.15) is 28.0 Å². The van der Waals surface area contributed by atoms with Crippen molar-refractivity contribution in [1.82, 2.24) is 15.2 Å². The minimum Gasteiger partial charge on any atom is -0.369 e. The van der Waals surface area contributed by atoms with Gasteiger partial charge in [0.15, 0.2) is 0 Å². The van der Waals surface area contributed by atoms with Crippen LogP contribution < -0.4 is 10.2 Å². The first-order valence-corrected chi connectivity index (χ1v) is 10.8. The summed E-state index contributed by atoms with van der Waals surface area (Å²) >= 11 is 0. The molecule has 0 unspecified atom stereocenters. The van der Waals surface area contributed by atoms with Crippen molar-refractivity contribution in [3.8, 4) is 0 Å². The molecule has 1 aliphatic rings. The molecule has 0 bridgehead atoms. The number of nitrogens with zero attached hydrogens (tertiary/aromatic N) is 3. The Hall–Kier alpha value is -2.92. The van der Waals surface area contributed by atoms with E-state index in [0.29, 0.717) is 12.1 Å². The first-order chi connectivity index (χ1) is 14.6. The predicted octanol–water partition coefficient (Wildman–Crippen LogP) is 3.79. The molecule has 2 aromatic carbocycles. The summed E-state index contributed by atoms with van der Waals surface area (Å²) in [5.74, 6) is -0.0324. The second-order valence-corrected chi connectivity index (χ2v) is 8.09. The normalized spacial score (nSPS) is 14.8. The van der Waals surface area contributed by atoms with Gasteiger partial charge in [-0.1, -0.05) is 30.3 Å². The van der Waals surface area contributed by atoms with Crippen LogP contribution in [0.3, 0.4) is 0 Å². The van der Waals surface area contributed by atoms with Gasteiger partial charge in [0.2, 0.25) is 0 Å². The summed E-state index contributed by atoms with van der Waals surface area (Å²) in [4.78, 5) is 22.1. The summed E-state index contributed by atoms with van der Waals surface area (Å²) < 4.78 is 0. The zero-order valence-electron chi connectivity index (χ0n) is 17.9. The van der Waals surface area contributed by atoms with Gasteiger partial charge in [0.05, 0.1) is 16.8 Å². The average Bonchev–Trinajstić information content (AvgIpc) is 2.76. The minimum atomic E-state index is -0.0324. The molecule has 4 rings (SSSR count). The molecule has 0 spiro atoms. The zero-order valence-corrected chi connectivity index (χ0v) is 17.9. The number of carbonyl (C=O) groups is 1. The van der Waals surface area contributed by atoms with E-state index in [4.69, 9.17) is 0 Å². The number of piperazine rings is 1. The van der Waals surface area contributed by atoms with E-state index in [1.54, 1.807) is 0 Å². The summed E-state index contributed by atoms with van der Waals surface area (Å²) in [5, 5.41) is 4.07. The molecular formula is C25H30N4O. The number of para-hydroxylation sites is 1. The molecule has 1 fully saturated rings. The fourth-order valence-electron chi connectivity index (χ4n) is 4.10. The second-order valence-electron chi connectivity index (χ2n) is 8.09. The standard InChI is InChI=1S/C25H30N4O/c1-19-7-5-9-22(17-19)29-15-13-28(14-16-29)12-6-11-26-25(30)23-18-21-8-3-4-10-24(21)27-20(23)2/h3-5,7-10,17-18H,6,11-16H2,1-2H3,(H,26,30).